The normalized spacial score (nSPS) is 20.2. The highest BCUT2D eigenvalue weighted by Crippen LogP contribution is 2.28. The van der Waals surface area contributed by atoms with Crippen LogP contribution in [0.5, 0.6) is 0 Å². The molecule has 0 radical (unpaired) electrons. The van der Waals surface area contributed by atoms with Crippen LogP contribution in [-0.4, -0.2) is 29.7 Å². The summed E-state index contributed by atoms with van der Waals surface area (Å²) < 4.78 is 26.0. The fraction of sp³-hybridized carbons (Fsp3) is 0.263. The number of ketones is 1. The van der Waals surface area contributed by atoms with Crippen LogP contribution in [0.2, 0.25) is 0 Å². The summed E-state index contributed by atoms with van der Waals surface area (Å²) in [5, 5.41) is 0. The number of Topliss-reactive ketones (excluding diaryl/α,β-unsaturated/α-hetero) is 1. The van der Waals surface area contributed by atoms with Crippen LogP contribution in [0.1, 0.15) is 27.6 Å². The van der Waals surface area contributed by atoms with E-state index in [1.807, 2.05) is 6.92 Å². The Labute approximate surface area is 138 Å². The topological polar surface area (TPSA) is 37.4 Å². The zero-order chi connectivity index (χ0) is 17.3. The molecule has 1 aliphatic rings. The highest BCUT2D eigenvalue weighted by Gasteiger charge is 2.37. The molecule has 124 valence electrons. The molecule has 0 spiro atoms. The van der Waals surface area contributed by atoms with Crippen LogP contribution >= 0.6 is 0 Å². The van der Waals surface area contributed by atoms with Gasteiger partial charge in [-0.15, -0.1) is 0 Å². The largest absolute Gasteiger partial charge is 0.338 e. The number of nitrogens with zero attached hydrogens (tertiary/aromatic N) is 1. The Morgan fingerprint density at radius 1 is 0.875 bits per heavy atom. The average molecular weight is 329 g/mol. The van der Waals surface area contributed by atoms with Crippen molar-refractivity contribution in [2.24, 2.45) is 11.8 Å². The molecule has 2 aromatic carbocycles. The molecule has 2 atom stereocenters. The van der Waals surface area contributed by atoms with E-state index in [9.17, 15) is 18.4 Å². The van der Waals surface area contributed by atoms with Gasteiger partial charge in [-0.2, -0.15) is 0 Å². The quantitative estimate of drug-likeness (QED) is 0.808. The van der Waals surface area contributed by atoms with Crippen molar-refractivity contribution in [3.05, 3.63) is 71.3 Å². The predicted octanol–water partition coefficient (Wildman–Crippen LogP) is 3.56. The summed E-state index contributed by atoms with van der Waals surface area (Å²) in [6, 6.07) is 10.8. The number of amides is 1. The summed E-state index contributed by atoms with van der Waals surface area (Å²) in [7, 11) is 0. The molecule has 1 heterocycles. The summed E-state index contributed by atoms with van der Waals surface area (Å²) in [6.07, 6.45) is 0. The Hall–Kier alpha value is -2.56. The van der Waals surface area contributed by atoms with Gasteiger partial charge in [0.2, 0.25) is 0 Å². The maximum absolute atomic E-state index is 13.0. The van der Waals surface area contributed by atoms with E-state index in [4.69, 9.17) is 0 Å². The van der Waals surface area contributed by atoms with Gasteiger partial charge in [-0.3, -0.25) is 9.59 Å². The van der Waals surface area contributed by atoms with Crippen molar-refractivity contribution in [3.8, 4) is 0 Å². The van der Waals surface area contributed by atoms with Gasteiger partial charge in [-0.25, -0.2) is 8.78 Å². The van der Waals surface area contributed by atoms with E-state index in [2.05, 4.69) is 0 Å². The first-order valence-corrected chi connectivity index (χ1v) is 7.80. The van der Waals surface area contributed by atoms with E-state index < -0.39 is 5.82 Å². The minimum Gasteiger partial charge on any atom is -0.338 e. The molecular weight excluding hydrogens is 312 g/mol. The van der Waals surface area contributed by atoms with Crippen LogP contribution in [0.25, 0.3) is 0 Å². The fourth-order valence-corrected chi connectivity index (χ4v) is 3.08. The van der Waals surface area contributed by atoms with Gasteiger partial charge < -0.3 is 4.90 Å². The zero-order valence-corrected chi connectivity index (χ0v) is 13.2. The Bertz CT molecular complexity index is 756. The Balaban J connectivity index is 1.74. The van der Waals surface area contributed by atoms with Crippen molar-refractivity contribution in [1.29, 1.82) is 0 Å². The maximum Gasteiger partial charge on any atom is 0.253 e. The lowest BCUT2D eigenvalue weighted by atomic mass is 9.90. The van der Waals surface area contributed by atoms with Crippen molar-refractivity contribution in [3.63, 3.8) is 0 Å². The van der Waals surface area contributed by atoms with Crippen molar-refractivity contribution in [2.75, 3.05) is 13.1 Å². The second kappa shape index (κ2) is 6.51. The Morgan fingerprint density at radius 2 is 1.38 bits per heavy atom. The van der Waals surface area contributed by atoms with Gasteiger partial charge >= 0.3 is 0 Å². The van der Waals surface area contributed by atoms with E-state index in [1.54, 1.807) is 4.90 Å². The van der Waals surface area contributed by atoms with Crippen molar-refractivity contribution in [1.82, 2.24) is 4.90 Å². The summed E-state index contributed by atoms with van der Waals surface area (Å²) >= 11 is 0. The smallest absolute Gasteiger partial charge is 0.253 e. The number of rotatable bonds is 3. The second-order valence-electron chi connectivity index (χ2n) is 6.17. The van der Waals surface area contributed by atoms with Gasteiger partial charge in [0, 0.05) is 30.1 Å². The summed E-state index contributed by atoms with van der Waals surface area (Å²) in [6.45, 7) is 2.70. The molecule has 3 rings (SSSR count). The highest BCUT2D eigenvalue weighted by molar-refractivity contribution is 6.00. The maximum atomic E-state index is 13.0. The molecule has 1 aliphatic heterocycles. The van der Waals surface area contributed by atoms with Crippen molar-refractivity contribution >= 4 is 11.7 Å². The van der Waals surface area contributed by atoms with E-state index in [1.165, 1.54) is 48.5 Å². The van der Waals surface area contributed by atoms with Gasteiger partial charge in [0.05, 0.1) is 0 Å². The molecule has 0 unspecified atom stereocenters. The lowest BCUT2D eigenvalue weighted by Gasteiger charge is -2.16. The van der Waals surface area contributed by atoms with E-state index in [0.717, 1.165) is 0 Å². The number of hydrogen-bond acceptors (Lipinski definition) is 2. The Morgan fingerprint density at radius 3 is 1.92 bits per heavy atom. The van der Waals surface area contributed by atoms with Crippen LogP contribution in [0.15, 0.2) is 48.5 Å². The lowest BCUT2D eigenvalue weighted by molar-refractivity contribution is 0.0779. The monoisotopic (exact) mass is 329 g/mol. The average Bonchev–Trinajstić information content (AvgIpc) is 2.97. The SMILES string of the molecule is C[C@@H]1CN(C(=O)c2ccc(F)cc2)C[C@H]1C(=O)c1ccc(F)cc1. The first-order chi connectivity index (χ1) is 11.5. The minimum absolute atomic E-state index is 0.00644. The lowest BCUT2D eigenvalue weighted by Crippen LogP contribution is -2.30. The molecular formula is C19H17F2NO2. The Kier molecular flexibility index (Phi) is 4.42. The zero-order valence-electron chi connectivity index (χ0n) is 13.2. The number of carbonyl (C=O) groups excluding carboxylic acids is 2. The predicted molar refractivity (Wildman–Crippen MR) is 85.7 cm³/mol. The third kappa shape index (κ3) is 3.20. The first kappa shape index (κ1) is 16.3. The number of likely N-dealkylation sites (tertiary alicyclic amines) is 1. The number of benzene rings is 2. The van der Waals surface area contributed by atoms with Gasteiger partial charge in [0.15, 0.2) is 5.78 Å². The van der Waals surface area contributed by atoms with E-state index in [0.29, 0.717) is 24.2 Å². The van der Waals surface area contributed by atoms with Gasteiger partial charge in [-0.1, -0.05) is 6.92 Å². The molecule has 0 saturated carbocycles. The minimum atomic E-state index is -0.397. The first-order valence-electron chi connectivity index (χ1n) is 7.80. The molecule has 1 saturated heterocycles. The number of halogens is 2. The molecule has 1 amide bonds. The molecule has 2 aromatic rings. The highest BCUT2D eigenvalue weighted by atomic mass is 19.1. The third-order valence-corrected chi connectivity index (χ3v) is 4.46. The van der Waals surface area contributed by atoms with E-state index in [-0.39, 0.29) is 29.3 Å². The summed E-state index contributed by atoms with van der Waals surface area (Å²) in [5.41, 5.74) is 0.850. The van der Waals surface area contributed by atoms with Gasteiger partial charge in [-0.05, 0) is 54.4 Å². The summed E-state index contributed by atoms with van der Waals surface area (Å²) in [4.78, 5) is 26.7. The van der Waals surface area contributed by atoms with Gasteiger partial charge in [0.1, 0.15) is 11.6 Å². The molecule has 5 heteroatoms. The molecule has 24 heavy (non-hydrogen) atoms. The third-order valence-electron chi connectivity index (χ3n) is 4.46. The molecule has 0 bridgehead atoms. The van der Waals surface area contributed by atoms with E-state index >= 15 is 0 Å². The standard InChI is InChI=1S/C19H17F2NO2/c1-12-10-22(19(24)14-4-8-16(21)9-5-14)11-17(12)18(23)13-2-6-15(20)7-3-13/h2-9,12,17H,10-11H2,1H3/t12-,17-/m1/s1. The fourth-order valence-electron chi connectivity index (χ4n) is 3.08. The van der Waals surface area contributed by atoms with Crippen LogP contribution < -0.4 is 0 Å². The van der Waals surface area contributed by atoms with Crippen LogP contribution in [0, 0.1) is 23.5 Å². The molecule has 1 fully saturated rings. The van der Waals surface area contributed by atoms with Crippen molar-refractivity contribution in [2.45, 2.75) is 6.92 Å². The van der Waals surface area contributed by atoms with Crippen LogP contribution in [-0.2, 0) is 0 Å². The molecule has 3 nitrogen and oxygen atoms in total. The molecule has 0 N–H and O–H groups in total. The molecule has 0 aliphatic carbocycles. The van der Waals surface area contributed by atoms with Crippen molar-refractivity contribution < 1.29 is 18.4 Å². The second-order valence-corrected chi connectivity index (χ2v) is 6.17. The van der Waals surface area contributed by atoms with Crippen LogP contribution in [0.3, 0.4) is 0 Å². The summed E-state index contributed by atoms with van der Waals surface area (Å²) in [5.74, 6) is -1.40. The number of hydrogen-bond donors (Lipinski definition) is 0. The number of carbonyl (C=O) groups is 2. The van der Waals surface area contributed by atoms with Crippen LogP contribution in [0.4, 0.5) is 8.78 Å². The molecule has 0 aromatic heterocycles. The van der Waals surface area contributed by atoms with Gasteiger partial charge in [0.25, 0.3) is 5.91 Å².